The standard InChI is InChI=1S/C51H32N2/c1-2-14-36(15-3-1)52-30-29-33-25-28-43-42-20-7-11-24-48(42)53(50(43)49(33)52)37-16-12-13-34(31-37)35-26-27-41-40-19-6-10-23-46(40)51(47(41)32-35)44-21-8-4-17-38(44)39-18-5-9-22-45(39)51/h1-32H. The van der Waals surface area contributed by atoms with Crippen LogP contribution in [-0.4, -0.2) is 9.13 Å². The maximum Gasteiger partial charge on any atom is 0.0788 e. The molecule has 2 aliphatic rings. The van der Waals surface area contributed by atoms with Crippen LogP contribution in [0.2, 0.25) is 0 Å². The number of hydrogen-bond donors (Lipinski definition) is 0. The molecule has 2 nitrogen and oxygen atoms in total. The number of fused-ring (bicyclic) bond motifs is 15. The highest BCUT2D eigenvalue weighted by Crippen LogP contribution is 2.63. The van der Waals surface area contributed by atoms with Gasteiger partial charge in [-0.05, 0) is 98.1 Å². The lowest BCUT2D eigenvalue weighted by Crippen LogP contribution is -2.25. The molecular weight excluding hydrogens is 641 g/mol. The van der Waals surface area contributed by atoms with E-state index in [0.717, 1.165) is 11.4 Å². The highest BCUT2D eigenvalue weighted by atomic mass is 15.0. The van der Waals surface area contributed by atoms with Gasteiger partial charge in [-0.3, -0.25) is 0 Å². The fourth-order valence-electron chi connectivity index (χ4n) is 9.84. The topological polar surface area (TPSA) is 9.86 Å². The van der Waals surface area contributed by atoms with Gasteiger partial charge in [-0.15, -0.1) is 0 Å². The molecule has 2 aromatic heterocycles. The lowest BCUT2D eigenvalue weighted by atomic mass is 9.70. The number of aromatic nitrogens is 2. The van der Waals surface area contributed by atoms with Crippen LogP contribution >= 0.6 is 0 Å². The van der Waals surface area contributed by atoms with Crippen LogP contribution in [0, 0.1) is 0 Å². The maximum atomic E-state index is 2.48. The molecule has 0 fully saturated rings. The molecule has 246 valence electrons. The first-order valence-corrected chi connectivity index (χ1v) is 18.4. The Bertz CT molecular complexity index is 3060. The molecule has 10 aromatic rings. The van der Waals surface area contributed by atoms with E-state index in [1.165, 1.54) is 88.3 Å². The molecule has 0 N–H and O–H groups in total. The zero-order valence-electron chi connectivity index (χ0n) is 28.9. The molecule has 0 saturated carbocycles. The molecule has 0 bridgehead atoms. The zero-order chi connectivity index (χ0) is 34.7. The second-order valence-electron chi connectivity index (χ2n) is 14.5. The average molecular weight is 673 g/mol. The van der Waals surface area contributed by atoms with Gasteiger partial charge in [0.15, 0.2) is 0 Å². The number of nitrogens with zero attached hydrogens (tertiary/aromatic N) is 2. The third-order valence-electron chi connectivity index (χ3n) is 12.0. The first kappa shape index (κ1) is 28.8. The van der Waals surface area contributed by atoms with Gasteiger partial charge in [0, 0.05) is 33.7 Å². The highest BCUT2D eigenvalue weighted by Gasteiger charge is 2.51. The van der Waals surface area contributed by atoms with E-state index in [1.54, 1.807) is 0 Å². The summed E-state index contributed by atoms with van der Waals surface area (Å²) in [5.41, 5.74) is 18.8. The molecule has 2 aliphatic carbocycles. The minimum absolute atomic E-state index is 0.367. The van der Waals surface area contributed by atoms with Gasteiger partial charge < -0.3 is 9.13 Å². The predicted molar refractivity (Wildman–Crippen MR) is 219 cm³/mol. The van der Waals surface area contributed by atoms with Gasteiger partial charge in [0.05, 0.1) is 22.0 Å². The van der Waals surface area contributed by atoms with E-state index in [4.69, 9.17) is 0 Å². The van der Waals surface area contributed by atoms with Crippen LogP contribution in [0.3, 0.4) is 0 Å². The van der Waals surface area contributed by atoms with E-state index in [9.17, 15) is 0 Å². The second-order valence-corrected chi connectivity index (χ2v) is 14.5. The Balaban J connectivity index is 1.10. The Labute approximate surface area is 307 Å². The van der Waals surface area contributed by atoms with Crippen LogP contribution in [0.4, 0.5) is 0 Å². The summed E-state index contributed by atoms with van der Waals surface area (Å²) in [5, 5.41) is 3.73. The van der Waals surface area contributed by atoms with Gasteiger partial charge >= 0.3 is 0 Å². The fourth-order valence-corrected chi connectivity index (χ4v) is 9.84. The van der Waals surface area contributed by atoms with Gasteiger partial charge in [-0.1, -0.05) is 146 Å². The van der Waals surface area contributed by atoms with Crippen LogP contribution in [-0.2, 0) is 5.41 Å². The molecule has 2 heteroatoms. The van der Waals surface area contributed by atoms with Gasteiger partial charge in [0.2, 0.25) is 0 Å². The molecule has 0 atom stereocenters. The van der Waals surface area contributed by atoms with Crippen molar-refractivity contribution in [3.8, 4) is 44.8 Å². The van der Waals surface area contributed by atoms with E-state index in [2.05, 4.69) is 203 Å². The first-order chi connectivity index (χ1) is 26.3. The van der Waals surface area contributed by atoms with E-state index in [1.807, 2.05) is 0 Å². The fraction of sp³-hybridized carbons (Fsp3) is 0.0196. The van der Waals surface area contributed by atoms with Crippen molar-refractivity contribution in [3.63, 3.8) is 0 Å². The SMILES string of the molecule is c1ccc(-n2ccc3ccc4c5ccccc5n(-c5cccc(-c6ccc7c(c6)C6(c8ccccc8-c8ccccc86)c6ccccc6-7)c5)c4c32)cc1. The number of benzene rings is 8. The molecule has 0 saturated heterocycles. The van der Waals surface area contributed by atoms with Gasteiger partial charge in [-0.25, -0.2) is 0 Å². The summed E-state index contributed by atoms with van der Waals surface area (Å²) >= 11 is 0. The molecule has 8 aromatic carbocycles. The van der Waals surface area contributed by atoms with Crippen molar-refractivity contribution in [2.75, 3.05) is 0 Å². The number of para-hydroxylation sites is 2. The van der Waals surface area contributed by atoms with Crippen molar-refractivity contribution in [2.45, 2.75) is 5.41 Å². The van der Waals surface area contributed by atoms with Crippen molar-refractivity contribution in [1.29, 1.82) is 0 Å². The summed E-state index contributed by atoms with van der Waals surface area (Å²) in [6, 6.07) is 69.7. The molecular formula is C51H32N2. The molecule has 0 aliphatic heterocycles. The predicted octanol–water partition coefficient (Wildman–Crippen LogP) is 12.7. The smallest absolute Gasteiger partial charge is 0.0788 e. The Morgan fingerprint density at radius 1 is 0.358 bits per heavy atom. The second kappa shape index (κ2) is 10.6. The van der Waals surface area contributed by atoms with Crippen LogP contribution < -0.4 is 0 Å². The molecule has 0 unspecified atom stereocenters. The summed E-state index contributed by atoms with van der Waals surface area (Å²) < 4.78 is 4.82. The number of hydrogen-bond acceptors (Lipinski definition) is 0. The normalized spacial score (nSPS) is 13.4. The monoisotopic (exact) mass is 672 g/mol. The lowest BCUT2D eigenvalue weighted by molar-refractivity contribution is 0.794. The summed E-state index contributed by atoms with van der Waals surface area (Å²) in [5.74, 6) is 0. The summed E-state index contributed by atoms with van der Waals surface area (Å²) in [6.07, 6.45) is 2.20. The summed E-state index contributed by atoms with van der Waals surface area (Å²) in [6.45, 7) is 0. The van der Waals surface area contributed by atoms with Gasteiger partial charge in [0.25, 0.3) is 0 Å². The van der Waals surface area contributed by atoms with Crippen LogP contribution in [0.1, 0.15) is 22.3 Å². The summed E-state index contributed by atoms with van der Waals surface area (Å²) in [4.78, 5) is 0. The van der Waals surface area contributed by atoms with E-state index < -0.39 is 0 Å². The Hall–Kier alpha value is -6.90. The minimum atomic E-state index is -0.367. The molecule has 0 radical (unpaired) electrons. The van der Waals surface area contributed by atoms with Crippen molar-refractivity contribution >= 4 is 32.7 Å². The van der Waals surface area contributed by atoms with Crippen molar-refractivity contribution in [3.05, 3.63) is 217 Å². The van der Waals surface area contributed by atoms with Crippen molar-refractivity contribution < 1.29 is 0 Å². The number of rotatable bonds is 3. The third-order valence-corrected chi connectivity index (χ3v) is 12.0. The van der Waals surface area contributed by atoms with Gasteiger partial charge in [-0.2, -0.15) is 0 Å². The van der Waals surface area contributed by atoms with E-state index >= 15 is 0 Å². The first-order valence-electron chi connectivity index (χ1n) is 18.4. The van der Waals surface area contributed by atoms with Crippen molar-refractivity contribution in [2.24, 2.45) is 0 Å². The molecule has 1 spiro atoms. The van der Waals surface area contributed by atoms with E-state index in [-0.39, 0.29) is 5.41 Å². The molecule has 2 heterocycles. The van der Waals surface area contributed by atoms with Gasteiger partial charge in [0.1, 0.15) is 0 Å². The van der Waals surface area contributed by atoms with Crippen LogP contribution in [0.15, 0.2) is 194 Å². The summed E-state index contributed by atoms with van der Waals surface area (Å²) in [7, 11) is 0. The zero-order valence-corrected chi connectivity index (χ0v) is 28.9. The maximum absolute atomic E-state index is 2.48. The Morgan fingerprint density at radius 2 is 0.962 bits per heavy atom. The largest absolute Gasteiger partial charge is 0.315 e. The minimum Gasteiger partial charge on any atom is -0.315 e. The Kier molecular flexibility index (Phi) is 5.73. The molecule has 12 rings (SSSR count). The highest BCUT2D eigenvalue weighted by molar-refractivity contribution is 6.18. The van der Waals surface area contributed by atoms with Crippen LogP contribution in [0.25, 0.3) is 77.5 Å². The van der Waals surface area contributed by atoms with E-state index in [0.29, 0.717) is 0 Å². The third kappa shape index (κ3) is 3.72. The van der Waals surface area contributed by atoms with Crippen molar-refractivity contribution in [1.82, 2.24) is 9.13 Å². The molecule has 53 heavy (non-hydrogen) atoms. The lowest BCUT2D eigenvalue weighted by Gasteiger charge is -2.30. The quantitative estimate of drug-likeness (QED) is 0.177. The Morgan fingerprint density at radius 3 is 1.70 bits per heavy atom. The van der Waals surface area contributed by atoms with Crippen LogP contribution in [0.5, 0.6) is 0 Å². The average Bonchev–Trinajstić information content (AvgIpc) is 3.97. The molecule has 0 amide bonds.